The van der Waals surface area contributed by atoms with E-state index in [4.69, 9.17) is 18.0 Å². The van der Waals surface area contributed by atoms with Gasteiger partial charge in [-0.25, -0.2) is 0 Å². The minimum absolute atomic E-state index is 0.394. The fraction of sp³-hybridized carbons (Fsp3) is 0.562. The van der Waals surface area contributed by atoms with Crippen LogP contribution < -0.4 is 5.73 Å². The molecule has 3 nitrogen and oxygen atoms in total. The zero-order valence-corrected chi connectivity index (χ0v) is 13.1. The number of rotatable bonds is 5. The zero-order chi connectivity index (χ0) is 14.7. The van der Waals surface area contributed by atoms with Gasteiger partial charge in [0.1, 0.15) is 4.99 Å². The van der Waals surface area contributed by atoms with Crippen molar-refractivity contribution >= 4 is 17.2 Å². The number of aliphatic hydroxyl groups is 1. The summed E-state index contributed by atoms with van der Waals surface area (Å²) in [4.78, 5) is 2.75. The lowest BCUT2D eigenvalue weighted by Crippen LogP contribution is -2.27. The average Bonchev–Trinajstić information content (AvgIpc) is 2.87. The second kappa shape index (κ2) is 6.66. The Morgan fingerprint density at radius 2 is 2.05 bits per heavy atom. The van der Waals surface area contributed by atoms with E-state index in [1.54, 1.807) is 0 Å². The maximum atomic E-state index is 10.3. The number of thiocarbonyl (C=S) groups is 1. The maximum absolute atomic E-state index is 10.3. The van der Waals surface area contributed by atoms with Gasteiger partial charge in [-0.05, 0) is 30.4 Å². The largest absolute Gasteiger partial charge is 0.389 e. The van der Waals surface area contributed by atoms with E-state index < -0.39 is 6.10 Å². The quantitative estimate of drug-likeness (QED) is 0.818. The molecule has 4 heteroatoms. The molecule has 0 spiro atoms. The van der Waals surface area contributed by atoms with Crippen molar-refractivity contribution in [2.24, 2.45) is 17.6 Å². The molecule has 3 N–H and O–H groups in total. The van der Waals surface area contributed by atoms with Gasteiger partial charge in [0, 0.05) is 18.7 Å². The summed E-state index contributed by atoms with van der Waals surface area (Å²) in [6.07, 6.45) is 0.798. The molecule has 1 aliphatic rings. The predicted molar refractivity (Wildman–Crippen MR) is 86.7 cm³/mol. The van der Waals surface area contributed by atoms with Gasteiger partial charge in [0.2, 0.25) is 0 Å². The van der Waals surface area contributed by atoms with Crippen molar-refractivity contribution in [2.75, 3.05) is 19.6 Å². The minimum atomic E-state index is -0.443. The van der Waals surface area contributed by atoms with Crippen LogP contribution in [-0.4, -0.2) is 34.6 Å². The van der Waals surface area contributed by atoms with Crippen molar-refractivity contribution in [1.82, 2.24) is 4.90 Å². The number of aliphatic hydroxyl groups excluding tert-OH is 1. The Morgan fingerprint density at radius 1 is 1.40 bits per heavy atom. The number of likely N-dealkylation sites (tertiary alicyclic amines) is 1. The first-order valence-corrected chi connectivity index (χ1v) is 7.68. The van der Waals surface area contributed by atoms with Crippen molar-refractivity contribution in [3.8, 4) is 0 Å². The van der Waals surface area contributed by atoms with Crippen molar-refractivity contribution < 1.29 is 5.11 Å². The molecule has 2 unspecified atom stereocenters. The van der Waals surface area contributed by atoms with Crippen molar-refractivity contribution in [1.29, 1.82) is 0 Å². The van der Waals surface area contributed by atoms with Crippen LogP contribution in [0.1, 0.15) is 37.5 Å². The van der Waals surface area contributed by atoms with E-state index in [-0.39, 0.29) is 0 Å². The van der Waals surface area contributed by atoms with Crippen LogP contribution in [0, 0.1) is 11.8 Å². The Morgan fingerprint density at radius 3 is 2.55 bits per heavy atom. The average molecular weight is 292 g/mol. The summed E-state index contributed by atoms with van der Waals surface area (Å²) in [5, 5.41) is 10.3. The Labute approximate surface area is 126 Å². The molecular formula is C16H24N2OS. The van der Waals surface area contributed by atoms with Crippen molar-refractivity contribution in [2.45, 2.75) is 26.4 Å². The van der Waals surface area contributed by atoms with E-state index in [0.29, 0.717) is 11.5 Å². The van der Waals surface area contributed by atoms with Gasteiger partial charge < -0.3 is 15.7 Å². The molecule has 1 aromatic carbocycles. The number of hydrogen-bond acceptors (Lipinski definition) is 3. The van der Waals surface area contributed by atoms with Crippen LogP contribution in [0.4, 0.5) is 0 Å². The summed E-state index contributed by atoms with van der Waals surface area (Å²) in [6, 6.07) is 7.58. The van der Waals surface area contributed by atoms with Crippen LogP contribution in [0.3, 0.4) is 0 Å². The first-order valence-electron chi connectivity index (χ1n) is 7.27. The van der Waals surface area contributed by atoms with E-state index >= 15 is 0 Å². The molecule has 1 fully saturated rings. The third-order valence-electron chi connectivity index (χ3n) is 4.26. The van der Waals surface area contributed by atoms with Crippen LogP contribution in [0.25, 0.3) is 0 Å². The highest BCUT2D eigenvalue weighted by Gasteiger charge is 2.26. The number of nitrogens with two attached hydrogens (primary N) is 1. The Hall–Kier alpha value is -0.970. The molecule has 0 saturated carbocycles. The first-order chi connectivity index (χ1) is 9.47. The van der Waals surface area contributed by atoms with Crippen molar-refractivity contribution in [3.05, 3.63) is 35.4 Å². The zero-order valence-electron chi connectivity index (χ0n) is 12.2. The third kappa shape index (κ3) is 3.78. The van der Waals surface area contributed by atoms with Crippen LogP contribution in [0.2, 0.25) is 0 Å². The molecule has 1 aliphatic heterocycles. The summed E-state index contributed by atoms with van der Waals surface area (Å²) in [6.45, 7) is 7.44. The van der Waals surface area contributed by atoms with Crippen LogP contribution in [-0.2, 0) is 0 Å². The minimum Gasteiger partial charge on any atom is -0.389 e. The van der Waals surface area contributed by atoms with E-state index in [1.165, 1.54) is 6.42 Å². The van der Waals surface area contributed by atoms with Gasteiger partial charge in [-0.3, -0.25) is 0 Å². The number of β-amino-alcohol motifs (C(OH)–C–C–N with tert-alkyl or cyclic N) is 1. The van der Waals surface area contributed by atoms with Crippen LogP contribution in [0.15, 0.2) is 24.3 Å². The maximum Gasteiger partial charge on any atom is 0.103 e. The van der Waals surface area contributed by atoms with Gasteiger partial charge in [0.15, 0.2) is 0 Å². The van der Waals surface area contributed by atoms with Gasteiger partial charge >= 0.3 is 0 Å². The monoisotopic (exact) mass is 292 g/mol. The SMILES string of the molecule is CC(C)C1CCN(CC(O)c2ccc(C(N)=S)cc2)C1. The fourth-order valence-electron chi connectivity index (χ4n) is 2.79. The van der Waals surface area contributed by atoms with E-state index in [1.807, 2.05) is 24.3 Å². The molecule has 2 rings (SSSR count). The smallest absolute Gasteiger partial charge is 0.103 e. The molecule has 0 aliphatic carbocycles. The third-order valence-corrected chi connectivity index (χ3v) is 4.50. The van der Waals surface area contributed by atoms with Gasteiger partial charge in [-0.15, -0.1) is 0 Å². The van der Waals surface area contributed by atoms with Gasteiger partial charge in [0.05, 0.1) is 6.10 Å². The van der Waals surface area contributed by atoms with E-state index in [0.717, 1.165) is 36.1 Å². The molecule has 0 amide bonds. The summed E-state index contributed by atoms with van der Waals surface area (Å²) in [7, 11) is 0. The van der Waals surface area contributed by atoms with Crippen molar-refractivity contribution in [3.63, 3.8) is 0 Å². The first kappa shape index (κ1) is 15.4. The molecular weight excluding hydrogens is 268 g/mol. The molecule has 2 atom stereocenters. The highest BCUT2D eigenvalue weighted by molar-refractivity contribution is 7.80. The van der Waals surface area contributed by atoms with Crippen LogP contribution in [0.5, 0.6) is 0 Å². The Kier molecular flexibility index (Phi) is 5.13. The molecule has 1 saturated heterocycles. The highest BCUT2D eigenvalue weighted by atomic mass is 32.1. The standard InChI is InChI=1S/C16H24N2OS/c1-11(2)14-7-8-18(9-14)10-15(19)12-3-5-13(6-4-12)16(17)20/h3-6,11,14-15,19H,7-10H2,1-2H3,(H2,17,20). The summed E-state index contributed by atoms with van der Waals surface area (Å²) in [5.41, 5.74) is 7.35. The molecule has 0 bridgehead atoms. The predicted octanol–water partition coefficient (Wildman–Crippen LogP) is 2.33. The number of benzene rings is 1. The Balaban J connectivity index is 1.92. The van der Waals surface area contributed by atoms with E-state index in [9.17, 15) is 5.11 Å². The summed E-state index contributed by atoms with van der Waals surface area (Å²) >= 11 is 4.93. The second-order valence-electron chi connectivity index (χ2n) is 6.05. The van der Waals surface area contributed by atoms with Gasteiger partial charge in [-0.2, -0.15) is 0 Å². The highest BCUT2D eigenvalue weighted by Crippen LogP contribution is 2.25. The molecule has 20 heavy (non-hydrogen) atoms. The molecule has 0 aromatic heterocycles. The van der Waals surface area contributed by atoms with Gasteiger partial charge in [-0.1, -0.05) is 50.3 Å². The summed E-state index contributed by atoms with van der Waals surface area (Å²) < 4.78 is 0. The lowest BCUT2D eigenvalue weighted by Gasteiger charge is -2.21. The normalized spacial score (nSPS) is 21.3. The molecule has 0 radical (unpaired) electrons. The molecule has 1 aromatic rings. The topological polar surface area (TPSA) is 49.5 Å². The lowest BCUT2D eigenvalue weighted by molar-refractivity contribution is 0.123. The number of nitrogens with zero attached hydrogens (tertiary/aromatic N) is 1. The molecule has 1 heterocycles. The Bertz CT molecular complexity index is 458. The van der Waals surface area contributed by atoms with Gasteiger partial charge in [0.25, 0.3) is 0 Å². The lowest BCUT2D eigenvalue weighted by atomic mass is 9.95. The fourth-order valence-corrected chi connectivity index (χ4v) is 2.93. The van der Waals surface area contributed by atoms with Crippen LogP contribution >= 0.6 is 12.2 Å². The molecule has 110 valence electrons. The number of hydrogen-bond donors (Lipinski definition) is 2. The van der Waals surface area contributed by atoms with E-state index in [2.05, 4.69) is 18.7 Å². The summed E-state index contributed by atoms with van der Waals surface area (Å²) in [5.74, 6) is 1.49. The second-order valence-corrected chi connectivity index (χ2v) is 6.49.